The quantitative estimate of drug-likeness (QED) is 0.578. The molecule has 1 aromatic rings. The second kappa shape index (κ2) is 6.26. The molecule has 17 heavy (non-hydrogen) atoms. The van der Waals surface area contributed by atoms with Crippen molar-refractivity contribution in [3.63, 3.8) is 0 Å². The molecule has 0 spiro atoms. The third kappa shape index (κ3) is 4.33. The molecule has 0 aliphatic carbocycles. The Hall–Kier alpha value is -2.38. The van der Waals surface area contributed by atoms with E-state index >= 15 is 0 Å². The molecule has 0 bridgehead atoms. The van der Waals surface area contributed by atoms with Crippen LogP contribution in [-0.4, -0.2) is 45.2 Å². The number of amides is 2. The largest absolute Gasteiger partial charge is 0.476 e. The molecule has 8 heteroatoms. The summed E-state index contributed by atoms with van der Waals surface area (Å²) in [5.41, 5.74) is -0.124. The van der Waals surface area contributed by atoms with Crippen molar-refractivity contribution in [2.75, 3.05) is 13.1 Å². The molecular formula is C9H13N5O3. The van der Waals surface area contributed by atoms with Crippen LogP contribution in [0.1, 0.15) is 10.5 Å². The van der Waals surface area contributed by atoms with Crippen LogP contribution in [0.4, 0.5) is 4.79 Å². The number of carbonyl (C=O) groups excluding carboxylic acids is 1. The molecule has 0 aromatic carbocycles. The Bertz CT molecular complexity index is 415. The zero-order chi connectivity index (χ0) is 12.7. The minimum absolute atomic E-state index is 0.124. The molecule has 0 saturated carbocycles. The molecule has 0 atom stereocenters. The van der Waals surface area contributed by atoms with E-state index in [-0.39, 0.29) is 11.7 Å². The van der Waals surface area contributed by atoms with Crippen molar-refractivity contribution in [2.45, 2.75) is 6.54 Å². The first kappa shape index (κ1) is 12.7. The van der Waals surface area contributed by atoms with Crippen molar-refractivity contribution in [2.24, 2.45) is 0 Å². The molecule has 0 fully saturated rings. The summed E-state index contributed by atoms with van der Waals surface area (Å²) in [7, 11) is 0. The van der Waals surface area contributed by atoms with Crippen molar-refractivity contribution >= 4 is 12.0 Å². The maximum Gasteiger partial charge on any atom is 0.358 e. The molecule has 8 nitrogen and oxygen atoms in total. The van der Waals surface area contributed by atoms with Crippen LogP contribution in [0.5, 0.6) is 0 Å². The fourth-order valence-corrected chi connectivity index (χ4v) is 1.02. The number of aromatic carboxylic acids is 1. The highest BCUT2D eigenvalue weighted by Crippen LogP contribution is 1.91. The number of rotatable bonds is 6. The molecule has 2 amide bonds. The summed E-state index contributed by atoms with van der Waals surface area (Å²) in [6.45, 7) is 4.52. The molecule has 1 heterocycles. The molecule has 0 unspecified atom stereocenters. The number of urea groups is 1. The highest BCUT2D eigenvalue weighted by Gasteiger charge is 2.07. The Morgan fingerprint density at radius 2 is 2.29 bits per heavy atom. The molecule has 92 valence electrons. The second-order valence-electron chi connectivity index (χ2n) is 3.10. The molecule has 0 radical (unpaired) electrons. The van der Waals surface area contributed by atoms with E-state index < -0.39 is 5.97 Å². The number of carboxylic acids is 1. The standard InChI is InChI=1S/C9H13N5O3/c1-2-3-10-9(17)11-4-5-14-6-7(8(15)16)12-13-14/h2,6H,1,3-5H2,(H,15,16)(H2,10,11,17). The lowest BCUT2D eigenvalue weighted by molar-refractivity contribution is 0.0690. The average Bonchev–Trinajstić information content (AvgIpc) is 2.75. The maximum atomic E-state index is 11.1. The molecule has 0 aliphatic rings. The van der Waals surface area contributed by atoms with Crippen LogP contribution < -0.4 is 10.6 Å². The molecule has 1 rings (SSSR count). The van der Waals surface area contributed by atoms with E-state index in [1.54, 1.807) is 6.08 Å². The van der Waals surface area contributed by atoms with Gasteiger partial charge in [-0.25, -0.2) is 14.3 Å². The van der Waals surface area contributed by atoms with Crippen molar-refractivity contribution < 1.29 is 14.7 Å². The SMILES string of the molecule is C=CCNC(=O)NCCn1cc(C(=O)O)nn1. The van der Waals surface area contributed by atoms with E-state index in [1.165, 1.54) is 10.9 Å². The number of hydrogen-bond acceptors (Lipinski definition) is 4. The first-order valence-corrected chi connectivity index (χ1v) is 4.89. The summed E-state index contributed by atoms with van der Waals surface area (Å²) < 4.78 is 1.34. The van der Waals surface area contributed by atoms with Crippen molar-refractivity contribution in [1.82, 2.24) is 25.6 Å². The molecular weight excluding hydrogens is 226 g/mol. The number of hydrogen-bond donors (Lipinski definition) is 3. The minimum atomic E-state index is -1.13. The molecule has 3 N–H and O–H groups in total. The third-order valence-corrected chi connectivity index (χ3v) is 1.79. The normalized spacial score (nSPS) is 9.65. The van der Waals surface area contributed by atoms with Crippen molar-refractivity contribution in [1.29, 1.82) is 0 Å². The number of aromatic nitrogens is 3. The predicted molar refractivity (Wildman–Crippen MR) is 58.6 cm³/mol. The van der Waals surface area contributed by atoms with Crippen LogP contribution in [0.2, 0.25) is 0 Å². The smallest absolute Gasteiger partial charge is 0.358 e. The molecule has 1 aromatic heterocycles. The van der Waals surface area contributed by atoms with Crippen molar-refractivity contribution in [3.05, 3.63) is 24.5 Å². The van der Waals surface area contributed by atoms with E-state index in [0.717, 1.165) is 0 Å². The Labute approximate surface area is 97.3 Å². The van der Waals surface area contributed by atoms with Crippen LogP contribution in [0.3, 0.4) is 0 Å². The Balaban J connectivity index is 2.28. The highest BCUT2D eigenvalue weighted by molar-refractivity contribution is 5.84. The highest BCUT2D eigenvalue weighted by atomic mass is 16.4. The van der Waals surface area contributed by atoms with E-state index in [1.807, 2.05) is 0 Å². The van der Waals surface area contributed by atoms with Gasteiger partial charge in [0.1, 0.15) is 0 Å². The fourth-order valence-electron chi connectivity index (χ4n) is 1.02. The van der Waals surface area contributed by atoms with Crippen LogP contribution in [0, 0.1) is 0 Å². The lowest BCUT2D eigenvalue weighted by Crippen LogP contribution is -2.37. The van der Waals surface area contributed by atoms with Crippen LogP contribution in [-0.2, 0) is 6.54 Å². The van der Waals surface area contributed by atoms with Gasteiger partial charge in [-0.15, -0.1) is 11.7 Å². The fraction of sp³-hybridized carbons (Fsp3) is 0.333. The Kier molecular flexibility index (Phi) is 4.67. The molecule has 0 aliphatic heterocycles. The number of nitrogens with zero attached hydrogens (tertiary/aromatic N) is 3. The van der Waals surface area contributed by atoms with Gasteiger partial charge in [0.25, 0.3) is 0 Å². The molecule has 0 saturated heterocycles. The minimum Gasteiger partial charge on any atom is -0.476 e. The van der Waals surface area contributed by atoms with Gasteiger partial charge in [-0.05, 0) is 0 Å². The van der Waals surface area contributed by atoms with E-state index in [2.05, 4.69) is 27.5 Å². The zero-order valence-electron chi connectivity index (χ0n) is 9.09. The lowest BCUT2D eigenvalue weighted by atomic mass is 10.5. The van der Waals surface area contributed by atoms with Gasteiger partial charge in [0.2, 0.25) is 0 Å². The summed E-state index contributed by atoms with van der Waals surface area (Å²) in [4.78, 5) is 21.6. The van der Waals surface area contributed by atoms with Gasteiger partial charge in [0.05, 0.1) is 12.7 Å². The zero-order valence-corrected chi connectivity index (χ0v) is 9.09. The van der Waals surface area contributed by atoms with Crippen LogP contribution in [0.15, 0.2) is 18.9 Å². The monoisotopic (exact) mass is 239 g/mol. The summed E-state index contributed by atoms with van der Waals surface area (Å²) in [6, 6.07) is -0.316. The predicted octanol–water partition coefficient (Wildman–Crippen LogP) is -0.538. The van der Waals surface area contributed by atoms with Gasteiger partial charge in [0.15, 0.2) is 5.69 Å². The Morgan fingerprint density at radius 1 is 1.53 bits per heavy atom. The van der Waals surface area contributed by atoms with Crippen LogP contribution >= 0.6 is 0 Å². The number of carboxylic acid groups (broad SMARTS) is 1. The number of carbonyl (C=O) groups is 2. The van der Waals surface area contributed by atoms with Gasteiger partial charge in [0, 0.05) is 13.1 Å². The summed E-state index contributed by atoms with van der Waals surface area (Å²) in [6.07, 6.45) is 2.86. The second-order valence-corrected chi connectivity index (χ2v) is 3.10. The van der Waals surface area contributed by atoms with Gasteiger partial charge in [-0.2, -0.15) is 0 Å². The van der Waals surface area contributed by atoms with Crippen molar-refractivity contribution in [3.8, 4) is 0 Å². The van der Waals surface area contributed by atoms with Gasteiger partial charge in [-0.3, -0.25) is 0 Å². The summed E-state index contributed by atoms with van der Waals surface area (Å²) >= 11 is 0. The maximum absolute atomic E-state index is 11.1. The van der Waals surface area contributed by atoms with E-state index in [4.69, 9.17) is 5.11 Å². The average molecular weight is 239 g/mol. The van der Waals surface area contributed by atoms with Gasteiger partial charge >= 0.3 is 12.0 Å². The summed E-state index contributed by atoms with van der Waals surface area (Å²) in [5.74, 6) is -1.13. The topological polar surface area (TPSA) is 109 Å². The first-order valence-electron chi connectivity index (χ1n) is 4.89. The third-order valence-electron chi connectivity index (χ3n) is 1.79. The van der Waals surface area contributed by atoms with E-state index in [9.17, 15) is 9.59 Å². The Morgan fingerprint density at radius 3 is 2.88 bits per heavy atom. The lowest BCUT2D eigenvalue weighted by Gasteiger charge is -2.05. The first-order chi connectivity index (χ1) is 8.13. The summed E-state index contributed by atoms with van der Waals surface area (Å²) in [5, 5.41) is 20.7. The van der Waals surface area contributed by atoms with Crippen LogP contribution in [0.25, 0.3) is 0 Å². The van der Waals surface area contributed by atoms with Gasteiger partial charge < -0.3 is 15.7 Å². The number of nitrogens with one attached hydrogen (secondary N) is 2. The van der Waals surface area contributed by atoms with Gasteiger partial charge in [-0.1, -0.05) is 11.3 Å². The van der Waals surface area contributed by atoms with E-state index in [0.29, 0.717) is 19.6 Å².